The first-order valence-corrected chi connectivity index (χ1v) is 9.67. The van der Waals surface area contributed by atoms with Crippen molar-refractivity contribution in [3.8, 4) is 0 Å². The average molecular weight is 344 g/mol. The van der Waals surface area contributed by atoms with Gasteiger partial charge in [0, 0.05) is 50.0 Å². The minimum Gasteiger partial charge on any atom is -0.381 e. The summed E-state index contributed by atoms with van der Waals surface area (Å²) in [5.74, 6) is 2.79. The molecule has 2 aliphatic heterocycles. The maximum Gasteiger partial charge on any atom is 0.225 e. The largest absolute Gasteiger partial charge is 0.381 e. The Morgan fingerprint density at radius 2 is 2.00 bits per heavy atom. The van der Waals surface area contributed by atoms with Crippen molar-refractivity contribution >= 4 is 11.7 Å². The standard InChI is InChI=1S/C19H28N4O2/c1-13-11-17(22-18(20-13)14-4-5-14)23-8-2-3-15(12-23)19(24)21-16-6-9-25-10-7-16/h11,14-16H,2-10,12H2,1H3,(H,21,24). The van der Waals surface area contributed by atoms with Gasteiger partial charge in [0.15, 0.2) is 0 Å². The van der Waals surface area contributed by atoms with E-state index < -0.39 is 0 Å². The Kier molecular flexibility index (Phi) is 4.88. The molecule has 1 aromatic rings. The Bertz CT molecular complexity index is 626. The Balaban J connectivity index is 1.41. The van der Waals surface area contributed by atoms with E-state index in [0.717, 1.165) is 69.3 Å². The third-order valence-electron chi connectivity index (χ3n) is 5.48. The summed E-state index contributed by atoms with van der Waals surface area (Å²) in [7, 11) is 0. The second-order valence-electron chi connectivity index (χ2n) is 7.68. The number of hydrogen-bond acceptors (Lipinski definition) is 5. The van der Waals surface area contributed by atoms with Gasteiger partial charge in [-0.05, 0) is 45.4 Å². The Morgan fingerprint density at radius 3 is 2.76 bits per heavy atom. The molecule has 6 heteroatoms. The van der Waals surface area contributed by atoms with E-state index in [1.165, 1.54) is 12.8 Å². The minimum atomic E-state index is 0.0521. The van der Waals surface area contributed by atoms with Gasteiger partial charge in [-0.15, -0.1) is 0 Å². The van der Waals surface area contributed by atoms with Crippen LogP contribution in [0, 0.1) is 12.8 Å². The summed E-state index contributed by atoms with van der Waals surface area (Å²) >= 11 is 0. The van der Waals surface area contributed by atoms with Gasteiger partial charge in [-0.2, -0.15) is 0 Å². The van der Waals surface area contributed by atoms with Gasteiger partial charge in [-0.3, -0.25) is 4.79 Å². The maximum atomic E-state index is 12.7. The molecular weight excluding hydrogens is 316 g/mol. The number of amides is 1. The molecule has 25 heavy (non-hydrogen) atoms. The van der Waals surface area contributed by atoms with E-state index in [0.29, 0.717) is 5.92 Å². The SMILES string of the molecule is Cc1cc(N2CCCC(C(=O)NC3CCOCC3)C2)nc(C2CC2)n1. The van der Waals surface area contributed by atoms with Crippen molar-refractivity contribution in [1.82, 2.24) is 15.3 Å². The summed E-state index contributed by atoms with van der Waals surface area (Å²) in [6, 6.07) is 2.34. The maximum absolute atomic E-state index is 12.7. The third-order valence-corrected chi connectivity index (χ3v) is 5.48. The van der Waals surface area contributed by atoms with Crippen LogP contribution < -0.4 is 10.2 Å². The summed E-state index contributed by atoms with van der Waals surface area (Å²) in [5.41, 5.74) is 1.03. The average Bonchev–Trinajstić information content (AvgIpc) is 3.47. The number of aromatic nitrogens is 2. The van der Waals surface area contributed by atoms with E-state index >= 15 is 0 Å². The van der Waals surface area contributed by atoms with E-state index in [1.807, 2.05) is 6.92 Å². The van der Waals surface area contributed by atoms with Crippen molar-refractivity contribution in [2.75, 3.05) is 31.2 Å². The van der Waals surface area contributed by atoms with Crippen molar-refractivity contribution in [3.05, 3.63) is 17.6 Å². The van der Waals surface area contributed by atoms with Crippen LogP contribution in [0.4, 0.5) is 5.82 Å². The van der Waals surface area contributed by atoms with Gasteiger partial charge in [-0.25, -0.2) is 9.97 Å². The normalized spacial score (nSPS) is 25.0. The number of ether oxygens (including phenoxy) is 1. The molecule has 1 saturated carbocycles. The first-order chi connectivity index (χ1) is 12.2. The zero-order chi connectivity index (χ0) is 17.2. The number of hydrogen-bond donors (Lipinski definition) is 1. The minimum absolute atomic E-state index is 0.0521. The Hall–Kier alpha value is -1.69. The van der Waals surface area contributed by atoms with Crippen LogP contribution in [0.15, 0.2) is 6.07 Å². The summed E-state index contributed by atoms with van der Waals surface area (Å²) < 4.78 is 5.37. The molecule has 136 valence electrons. The van der Waals surface area contributed by atoms with Crippen molar-refractivity contribution in [3.63, 3.8) is 0 Å². The second-order valence-corrected chi connectivity index (χ2v) is 7.68. The number of anilines is 1. The lowest BCUT2D eigenvalue weighted by Gasteiger charge is -2.34. The Labute approximate surface area is 149 Å². The summed E-state index contributed by atoms with van der Waals surface area (Å²) in [4.78, 5) is 24.3. The van der Waals surface area contributed by atoms with Gasteiger partial charge < -0.3 is 15.0 Å². The molecule has 0 bridgehead atoms. The molecule has 1 unspecified atom stereocenters. The van der Waals surface area contributed by atoms with Gasteiger partial charge in [0.1, 0.15) is 11.6 Å². The summed E-state index contributed by atoms with van der Waals surface area (Å²) in [6.07, 6.45) is 6.27. The van der Waals surface area contributed by atoms with Crippen molar-refractivity contribution in [1.29, 1.82) is 0 Å². The molecule has 3 fully saturated rings. The molecule has 2 saturated heterocycles. The van der Waals surface area contributed by atoms with E-state index in [-0.39, 0.29) is 17.9 Å². The highest BCUT2D eigenvalue weighted by Gasteiger charge is 2.31. The van der Waals surface area contributed by atoms with Crippen molar-refractivity contribution in [2.24, 2.45) is 5.92 Å². The van der Waals surface area contributed by atoms with E-state index in [4.69, 9.17) is 9.72 Å². The number of carbonyl (C=O) groups excluding carboxylic acids is 1. The van der Waals surface area contributed by atoms with Crippen LogP contribution in [-0.2, 0) is 9.53 Å². The fourth-order valence-electron chi connectivity index (χ4n) is 3.82. The molecule has 0 radical (unpaired) electrons. The van der Waals surface area contributed by atoms with Gasteiger partial charge in [-0.1, -0.05) is 0 Å². The fraction of sp³-hybridized carbons (Fsp3) is 0.737. The first kappa shape index (κ1) is 16.8. The topological polar surface area (TPSA) is 67.4 Å². The van der Waals surface area contributed by atoms with Gasteiger partial charge in [0.05, 0.1) is 5.92 Å². The number of aryl methyl sites for hydroxylation is 1. The third kappa shape index (κ3) is 4.11. The van der Waals surface area contributed by atoms with Gasteiger partial charge >= 0.3 is 0 Å². The van der Waals surface area contributed by atoms with Gasteiger partial charge in [0.2, 0.25) is 5.91 Å². The fourth-order valence-corrected chi connectivity index (χ4v) is 3.82. The molecule has 3 heterocycles. The van der Waals surface area contributed by atoms with E-state index in [9.17, 15) is 4.79 Å². The van der Waals surface area contributed by atoms with Crippen LogP contribution in [0.2, 0.25) is 0 Å². The molecular formula is C19H28N4O2. The molecule has 4 rings (SSSR count). The zero-order valence-electron chi connectivity index (χ0n) is 15.0. The molecule has 1 N–H and O–H groups in total. The van der Waals surface area contributed by atoms with Crippen LogP contribution in [0.1, 0.15) is 56.0 Å². The predicted molar refractivity (Wildman–Crippen MR) is 95.7 cm³/mol. The van der Waals surface area contributed by atoms with Crippen LogP contribution in [-0.4, -0.2) is 48.2 Å². The highest BCUT2D eigenvalue weighted by atomic mass is 16.5. The van der Waals surface area contributed by atoms with E-state index in [1.54, 1.807) is 0 Å². The molecule has 6 nitrogen and oxygen atoms in total. The molecule has 0 spiro atoms. The molecule has 1 aliphatic carbocycles. The molecule has 0 aromatic carbocycles. The van der Waals surface area contributed by atoms with Crippen LogP contribution in [0.5, 0.6) is 0 Å². The predicted octanol–water partition coefficient (Wildman–Crippen LogP) is 2.17. The number of nitrogens with one attached hydrogen (secondary N) is 1. The van der Waals surface area contributed by atoms with Gasteiger partial charge in [0.25, 0.3) is 0 Å². The lowest BCUT2D eigenvalue weighted by atomic mass is 9.96. The zero-order valence-corrected chi connectivity index (χ0v) is 15.0. The number of piperidine rings is 1. The smallest absolute Gasteiger partial charge is 0.225 e. The number of carbonyl (C=O) groups is 1. The Morgan fingerprint density at radius 1 is 1.20 bits per heavy atom. The van der Waals surface area contributed by atoms with Crippen molar-refractivity contribution < 1.29 is 9.53 Å². The highest BCUT2D eigenvalue weighted by Crippen LogP contribution is 2.38. The lowest BCUT2D eigenvalue weighted by molar-refractivity contribution is -0.126. The quantitative estimate of drug-likeness (QED) is 0.907. The number of nitrogens with zero attached hydrogens (tertiary/aromatic N) is 3. The van der Waals surface area contributed by atoms with Crippen molar-refractivity contribution in [2.45, 2.75) is 57.4 Å². The van der Waals surface area contributed by atoms with Crippen LogP contribution in [0.25, 0.3) is 0 Å². The highest BCUT2D eigenvalue weighted by molar-refractivity contribution is 5.79. The monoisotopic (exact) mass is 344 g/mol. The van der Waals surface area contributed by atoms with E-state index in [2.05, 4.69) is 21.3 Å². The van der Waals surface area contributed by atoms with Crippen LogP contribution in [0.3, 0.4) is 0 Å². The molecule has 1 aromatic heterocycles. The summed E-state index contributed by atoms with van der Waals surface area (Å²) in [5, 5.41) is 3.23. The lowest BCUT2D eigenvalue weighted by Crippen LogP contribution is -2.47. The number of rotatable bonds is 4. The molecule has 3 aliphatic rings. The molecule has 1 amide bonds. The molecule has 1 atom stereocenters. The first-order valence-electron chi connectivity index (χ1n) is 9.67. The summed E-state index contributed by atoms with van der Waals surface area (Å²) in [6.45, 7) is 5.28. The second kappa shape index (κ2) is 7.28. The van der Waals surface area contributed by atoms with Crippen LogP contribution >= 0.6 is 0 Å².